The molecule has 0 fully saturated rings. The molecule has 0 radical (unpaired) electrons. The number of aliphatic carboxylic acids is 1. The topological polar surface area (TPSA) is 86.4 Å². The molecular formula is C27H21ClFN3O4. The summed E-state index contributed by atoms with van der Waals surface area (Å²) in [6.45, 7) is 1.83. The van der Waals surface area contributed by atoms with Gasteiger partial charge in [-0.3, -0.25) is 9.59 Å². The first-order valence-electron chi connectivity index (χ1n) is 11.2. The Morgan fingerprint density at radius 2 is 1.78 bits per heavy atom. The molecule has 0 atom stereocenters. The molecular weight excluding hydrogens is 485 g/mol. The van der Waals surface area contributed by atoms with E-state index >= 15 is 0 Å². The number of fused-ring (bicyclic) bond motifs is 2. The highest BCUT2D eigenvalue weighted by Gasteiger charge is 2.22. The van der Waals surface area contributed by atoms with Crippen LogP contribution in [0.3, 0.4) is 0 Å². The number of ether oxygens (including phenoxy) is 1. The zero-order valence-corrected chi connectivity index (χ0v) is 20.0. The molecule has 0 spiro atoms. The number of benzene rings is 3. The molecule has 5 aromatic rings. The second kappa shape index (κ2) is 9.47. The Morgan fingerprint density at radius 1 is 1.06 bits per heavy atom. The Bertz CT molecular complexity index is 1680. The molecule has 9 heteroatoms. The highest BCUT2D eigenvalue weighted by Crippen LogP contribution is 2.36. The van der Waals surface area contributed by atoms with Crippen LogP contribution in [-0.2, 0) is 17.9 Å². The summed E-state index contributed by atoms with van der Waals surface area (Å²) < 4.78 is 23.0. The summed E-state index contributed by atoms with van der Waals surface area (Å²) in [6, 6.07) is 18.2. The number of carbonyl (C=O) groups is 1. The molecule has 5 rings (SSSR count). The van der Waals surface area contributed by atoms with Crippen molar-refractivity contribution >= 4 is 39.2 Å². The number of aromatic nitrogens is 3. The van der Waals surface area contributed by atoms with Crippen LogP contribution in [0.1, 0.15) is 5.69 Å². The zero-order chi connectivity index (χ0) is 25.4. The maximum Gasteiger partial charge on any atom is 0.323 e. The molecule has 0 saturated heterocycles. The normalized spacial score (nSPS) is 11.3. The van der Waals surface area contributed by atoms with Crippen LogP contribution in [-0.4, -0.2) is 32.0 Å². The van der Waals surface area contributed by atoms with E-state index in [0.29, 0.717) is 49.4 Å². The quantitative estimate of drug-likeness (QED) is 0.325. The van der Waals surface area contributed by atoms with Crippen molar-refractivity contribution in [2.75, 3.05) is 6.61 Å². The van der Waals surface area contributed by atoms with Gasteiger partial charge in [0, 0.05) is 32.6 Å². The zero-order valence-electron chi connectivity index (χ0n) is 19.2. The lowest BCUT2D eigenvalue weighted by Gasteiger charge is -2.13. The third-order valence-electron chi connectivity index (χ3n) is 6.07. The smallest absolute Gasteiger partial charge is 0.323 e. The molecule has 2 aromatic heterocycles. The number of halogens is 2. The standard InChI is InChI=1S/C27H21ClFN3O4/c1-16-25(22-14-18(29)8-11-23(22)31(16)15-24(33)34)26-20-4-2-3-5-21(20)27(35)32(30-26)12-13-36-19-9-6-17(28)7-10-19/h2-11,14H,12-13,15H2,1H3,(H,33,34). The van der Waals surface area contributed by atoms with E-state index in [4.69, 9.17) is 16.3 Å². The van der Waals surface area contributed by atoms with Gasteiger partial charge in [-0.15, -0.1) is 0 Å². The summed E-state index contributed by atoms with van der Waals surface area (Å²) in [5, 5.41) is 16.3. The average molecular weight is 506 g/mol. The Kier molecular flexibility index (Phi) is 6.20. The van der Waals surface area contributed by atoms with Crippen LogP contribution in [0.5, 0.6) is 5.75 Å². The number of hydrogen-bond donors (Lipinski definition) is 1. The van der Waals surface area contributed by atoms with E-state index in [0.717, 1.165) is 0 Å². The van der Waals surface area contributed by atoms with Gasteiger partial charge < -0.3 is 14.4 Å². The van der Waals surface area contributed by atoms with E-state index in [9.17, 15) is 19.1 Å². The van der Waals surface area contributed by atoms with Crippen LogP contribution in [0.25, 0.3) is 32.9 Å². The van der Waals surface area contributed by atoms with Gasteiger partial charge in [0.15, 0.2) is 0 Å². The van der Waals surface area contributed by atoms with Gasteiger partial charge in [-0.2, -0.15) is 5.10 Å². The summed E-state index contributed by atoms with van der Waals surface area (Å²) in [5.74, 6) is -0.866. The van der Waals surface area contributed by atoms with Crippen LogP contribution >= 0.6 is 11.6 Å². The largest absolute Gasteiger partial charge is 0.492 e. The van der Waals surface area contributed by atoms with Gasteiger partial charge in [-0.25, -0.2) is 9.07 Å². The predicted octanol–water partition coefficient (Wildman–Crippen LogP) is 5.28. The van der Waals surface area contributed by atoms with Crippen LogP contribution in [0.15, 0.2) is 71.5 Å². The van der Waals surface area contributed by atoms with Crippen molar-refractivity contribution in [3.05, 3.63) is 93.6 Å². The minimum absolute atomic E-state index is 0.167. The fourth-order valence-electron chi connectivity index (χ4n) is 4.44. The summed E-state index contributed by atoms with van der Waals surface area (Å²) in [6.07, 6.45) is 0. The van der Waals surface area contributed by atoms with Crippen LogP contribution in [0.4, 0.5) is 4.39 Å². The van der Waals surface area contributed by atoms with Gasteiger partial charge in [-0.1, -0.05) is 29.8 Å². The molecule has 0 saturated carbocycles. The average Bonchev–Trinajstić information content (AvgIpc) is 3.11. The first kappa shape index (κ1) is 23.6. The molecule has 0 aliphatic rings. The number of rotatable bonds is 7. The Labute approximate surface area is 209 Å². The third-order valence-corrected chi connectivity index (χ3v) is 6.32. The molecule has 0 aliphatic carbocycles. The SMILES string of the molecule is Cc1c(-c2nn(CCOc3ccc(Cl)cc3)c(=O)c3ccccc23)c2cc(F)ccc2n1CC(=O)O. The second-order valence-electron chi connectivity index (χ2n) is 8.33. The molecule has 2 heterocycles. The fourth-order valence-corrected chi connectivity index (χ4v) is 4.57. The number of carboxylic acid groups (broad SMARTS) is 1. The first-order valence-corrected chi connectivity index (χ1v) is 11.6. The number of hydrogen-bond acceptors (Lipinski definition) is 4. The molecule has 1 N–H and O–H groups in total. The Hall–Kier alpha value is -4.17. The maximum absolute atomic E-state index is 14.3. The summed E-state index contributed by atoms with van der Waals surface area (Å²) in [7, 11) is 0. The van der Waals surface area contributed by atoms with Crippen LogP contribution in [0, 0.1) is 12.7 Å². The Morgan fingerprint density at radius 3 is 2.50 bits per heavy atom. The lowest BCUT2D eigenvalue weighted by atomic mass is 10.0. The van der Waals surface area contributed by atoms with Crippen molar-refractivity contribution in [2.24, 2.45) is 0 Å². The fraction of sp³-hybridized carbons (Fsp3) is 0.148. The number of nitrogens with zero attached hydrogens (tertiary/aromatic N) is 3. The van der Waals surface area contributed by atoms with Gasteiger partial charge in [0.2, 0.25) is 0 Å². The number of carboxylic acids is 1. The van der Waals surface area contributed by atoms with Crippen molar-refractivity contribution in [3.63, 3.8) is 0 Å². The van der Waals surface area contributed by atoms with Crippen molar-refractivity contribution in [2.45, 2.75) is 20.0 Å². The summed E-state index contributed by atoms with van der Waals surface area (Å²) in [4.78, 5) is 24.8. The van der Waals surface area contributed by atoms with E-state index in [1.165, 1.54) is 16.8 Å². The van der Waals surface area contributed by atoms with E-state index in [-0.39, 0.29) is 25.3 Å². The first-order chi connectivity index (χ1) is 17.3. The van der Waals surface area contributed by atoms with E-state index in [1.54, 1.807) is 66.1 Å². The second-order valence-corrected chi connectivity index (χ2v) is 8.76. The third kappa shape index (κ3) is 4.31. The van der Waals surface area contributed by atoms with Crippen molar-refractivity contribution < 1.29 is 19.0 Å². The van der Waals surface area contributed by atoms with Gasteiger partial charge in [0.1, 0.15) is 30.4 Å². The van der Waals surface area contributed by atoms with Crippen LogP contribution in [0.2, 0.25) is 5.02 Å². The highest BCUT2D eigenvalue weighted by molar-refractivity contribution is 6.30. The molecule has 3 aromatic carbocycles. The summed E-state index contributed by atoms with van der Waals surface area (Å²) in [5.41, 5.74) is 1.94. The highest BCUT2D eigenvalue weighted by atomic mass is 35.5. The minimum Gasteiger partial charge on any atom is -0.492 e. The lowest BCUT2D eigenvalue weighted by Crippen LogP contribution is -2.26. The van der Waals surface area contributed by atoms with Crippen molar-refractivity contribution in [1.82, 2.24) is 14.3 Å². The monoisotopic (exact) mass is 505 g/mol. The lowest BCUT2D eigenvalue weighted by molar-refractivity contribution is -0.137. The van der Waals surface area contributed by atoms with Gasteiger partial charge in [0.05, 0.1) is 11.9 Å². The van der Waals surface area contributed by atoms with Crippen molar-refractivity contribution in [1.29, 1.82) is 0 Å². The molecule has 36 heavy (non-hydrogen) atoms. The summed E-state index contributed by atoms with van der Waals surface area (Å²) >= 11 is 5.92. The van der Waals surface area contributed by atoms with Gasteiger partial charge in [0.25, 0.3) is 5.56 Å². The molecule has 7 nitrogen and oxygen atoms in total. The van der Waals surface area contributed by atoms with Crippen molar-refractivity contribution in [3.8, 4) is 17.0 Å². The predicted molar refractivity (Wildman–Crippen MR) is 136 cm³/mol. The maximum atomic E-state index is 14.3. The molecule has 0 unspecified atom stereocenters. The molecule has 0 aliphatic heterocycles. The minimum atomic E-state index is -1.02. The van der Waals surface area contributed by atoms with E-state index in [2.05, 4.69) is 5.10 Å². The van der Waals surface area contributed by atoms with E-state index < -0.39 is 11.8 Å². The van der Waals surface area contributed by atoms with E-state index in [1.807, 2.05) is 0 Å². The molecule has 0 bridgehead atoms. The van der Waals surface area contributed by atoms with Crippen LogP contribution < -0.4 is 10.3 Å². The Balaban J connectivity index is 1.65. The molecule has 0 amide bonds. The molecule has 182 valence electrons. The van der Waals surface area contributed by atoms with Gasteiger partial charge >= 0.3 is 5.97 Å². The van der Waals surface area contributed by atoms with Gasteiger partial charge in [-0.05, 0) is 55.5 Å².